The lowest BCUT2D eigenvalue weighted by atomic mass is 10.2. The van der Waals surface area contributed by atoms with Crippen molar-refractivity contribution in [1.82, 2.24) is 0 Å². The highest BCUT2D eigenvalue weighted by molar-refractivity contribution is 6.32. The highest BCUT2D eigenvalue weighted by atomic mass is 35.5. The number of hydrogen-bond acceptors (Lipinski definition) is 8. The molecule has 1 aromatic heterocycles. The summed E-state index contributed by atoms with van der Waals surface area (Å²) in [7, 11) is 1.34. The number of methoxy groups -OCH3 is 1. The van der Waals surface area contributed by atoms with Gasteiger partial charge in [-0.25, -0.2) is 0 Å². The molecule has 0 radical (unpaired) electrons. The van der Waals surface area contributed by atoms with Gasteiger partial charge < -0.3 is 19.2 Å². The highest BCUT2D eigenvalue weighted by Gasteiger charge is 2.16. The summed E-state index contributed by atoms with van der Waals surface area (Å²) in [4.78, 5) is 33.1. The zero-order valence-corrected chi connectivity index (χ0v) is 16.6. The molecule has 0 bridgehead atoms. The van der Waals surface area contributed by atoms with Crippen molar-refractivity contribution in [3.63, 3.8) is 0 Å². The average Bonchev–Trinajstić information content (AvgIpc) is 3.22. The summed E-state index contributed by atoms with van der Waals surface area (Å²) in [5, 5.41) is 24.5. The molecular formula is C19H14ClN3O8. The third-order valence-corrected chi connectivity index (χ3v) is 4.29. The van der Waals surface area contributed by atoms with E-state index in [1.165, 1.54) is 55.6 Å². The number of furan rings is 1. The Hall–Kier alpha value is -4.12. The number of amides is 1. The lowest BCUT2D eigenvalue weighted by Crippen LogP contribution is -2.11. The van der Waals surface area contributed by atoms with Crippen molar-refractivity contribution in [2.24, 2.45) is 0 Å². The van der Waals surface area contributed by atoms with Gasteiger partial charge in [0.15, 0.2) is 5.76 Å². The molecule has 11 nitrogen and oxygen atoms in total. The third-order valence-electron chi connectivity index (χ3n) is 3.98. The number of benzene rings is 2. The molecule has 3 aromatic rings. The topological polar surface area (TPSA) is 147 Å². The quantitative estimate of drug-likeness (QED) is 0.389. The van der Waals surface area contributed by atoms with Crippen LogP contribution < -0.4 is 14.8 Å². The molecule has 0 spiro atoms. The summed E-state index contributed by atoms with van der Waals surface area (Å²) in [6.45, 7) is -0.140. The number of halogens is 1. The van der Waals surface area contributed by atoms with Gasteiger partial charge in [-0.15, -0.1) is 0 Å². The Morgan fingerprint density at radius 2 is 1.81 bits per heavy atom. The molecule has 0 saturated carbocycles. The van der Waals surface area contributed by atoms with E-state index in [0.717, 1.165) is 0 Å². The van der Waals surface area contributed by atoms with Crippen LogP contribution in [0, 0.1) is 20.2 Å². The molecule has 1 N–H and O–H groups in total. The number of nitro groups is 2. The van der Waals surface area contributed by atoms with Gasteiger partial charge in [-0.1, -0.05) is 11.6 Å². The zero-order chi connectivity index (χ0) is 22.5. The Labute approximate surface area is 179 Å². The maximum Gasteiger partial charge on any atom is 0.291 e. The number of nitrogens with zero attached hydrogens (tertiary/aromatic N) is 2. The second-order valence-electron chi connectivity index (χ2n) is 6.06. The van der Waals surface area contributed by atoms with Crippen LogP contribution in [0.3, 0.4) is 0 Å². The minimum atomic E-state index is -0.651. The summed E-state index contributed by atoms with van der Waals surface area (Å²) in [6, 6.07) is 10.4. The summed E-state index contributed by atoms with van der Waals surface area (Å²) in [5.74, 6) is -0.186. The average molecular weight is 448 g/mol. The molecule has 1 amide bonds. The van der Waals surface area contributed by atoms with Crippen LogP contribution >= 0.6 is 11.6 Å². The summed E-state index contributed by atoms with van der Waals surface area (Å²) >= 11 is 5.97. The standard InChI is InChI=1S/C19H14ClN3O8/c1-29-15-7-11(6-13(8-15)23(27)28)21-19(24)17-5-3-14(31-17)10-30-18-9-12(22(25)26)2-4-16(18)20/h2-9H,10H2,1H3,(H,21,24). The van der Waals surface area contributed by atoms with E-state index in [9.17, 15) is 25.0 Å². The molecule has 2 aromatic carbocycles. The number of ether oxygens (including phenoxy) is 2. The van der Waals surface area contributed by atoms with Crippen molar-refractivity contribution in [1.29, 1.82) is 0 Å². The number of rotatable bonds is 8. The Morgan fingerprint density at radius 3 is 2.48 bits per heavy atom. The number of non-ortho nitro benzene ring substituents is 2. The number of hydrogen-bond donors (Lipinski definition) is 1. The predicted molar refractivity (Wildman–Crippen MR) is 109 cm³/mol. The van der Waals surface area contributed by atoms with E-state index in [4.69, 9.17) is 25.5 Å². The van der Waals surface area contributed by atoms with Gasteiger partial charge >= 0.3 is 0 Å². The third kappa shape index (κ3) is 5.28. The Bertz CT molecular complexity index is 1160. The number of anilines is 1. The van der Waals surface area contributed by atoms with E-state index in [1.54, 1.807) is 0 Å². The molecular weight excluding hydrogens is 434 g/mol. The fourth-order valence-corrected chi connectivity index (χ4v) is 2.69. The van der Waals surface area contributed by atoms with Gasteiger partial charge in [0.25, 0.3) is 17.3 Å². The van der Waals surface area contributed by atoms with Gasteiger partial charge in [-0.3, -0.25) is 25.0 Å². The van der Waals surface area contributed by atoms with Gasteiger partial charge in [0.05, 0.1) is 39.8 Å². The molecule has 31 heavy (non-hydrogen) atoms. The van der Waals surface area contributed by atoms with Crippen molar-refractivity contribution in [3.8, 4) is 11.5 Å². The van der Waals surface area contributed by atoms with Crippen molar-refractivity contribution in [2.75, 3.05) is 12.4 Å². The number of carbonyl (C=O) groups excluding carboxylic acids is 1. The van der Waals surface area contributed by atoms with Crippen LogP contribution in [0.15, 0.2) is 52.9 Å². The van der Waals surface area contributed by atoms with Crippen LogP contribution in [0.25, 0.3) is 0 Å². The van der Waals surface area contributed by atoms with Crippen molar-refractivity contribution in [2.45, 2.75) is 6.61 Å². The minimum absolute atomic E-state index is 0.0748. The largest absolute Gasteiger partial charge is 0.496 e. The van der Waals surface area contributed by atoms with Crippen LogP contribution in [0.4, 0.5) is 17.1 Å². The lowest BCUT2D eigenvalue weighted by Gasteiger charge is -2.07. The van der Waals surface area contributed by atoms with Crippen LogP contribution in [0.2, 0.25) is 5.02 Å². The second-order valence-corrected chi connectivity index (χ2v) is 6.46. The van der Waals surface area contributed by atoms with Crippen LogP contribution in [-0.2, 0) is 6.61 Å². The van der Waals surface area contributed by atoms with Crippen LogP contribution in [0.5, 0.6) is 11.5 Å². The van der Waals surface area contributed by atoms with Crippen molar-refractivity contribution in [3.05, 3.63) is 85.3 Å². The van der Waals surface area contributed by atoms with Crippen molar-refractivity contribution < 1.29 is 28.5 Å². The lowest BCUT2D eigenvalue weighted by molar-refractivity contribution is -0.385. The van der Waals surface area contributed by atoms with E-state index >= 15 is 0 Å². The Morgan fingerprint density at radius 1 is 1.06 bits per heavy atom. The number of nitrogens with one attached hydrogen (secondary N) is 1. The first-order valence-corrected chi connectivity index (χ1v) is 8.95. The van der Waals surface area contributed by atoms with Gasteiger partial charge in [0, 0.05) is 18.2 Å². The normalized spacial score (nSPS) is 10.4. The molecule has 12 heteroatoms. The first kappa shape index (κ1) is 21.6. The number of nitro benzene ring substituents is 2. The first-order chi connectivity index (χ1) is 14.8. The van der Waals surface area contributed by atoms with E-state index in [2.05, 4.69) is 5.32 Å². The highest BCUT2D eigenvalue weighted by Crippen LogP contribution is 2.30. The Kier molecular flexibility index (Phi) is 6.36. The molecule has 0 aliphatic heterocycles. The molecule has 160 valence electrons. The van der Waals surface area contributed by atoms with E-state index in [-0.39, 0.29) is 51.7 Å². The van der Waals surface area contributed by atoms with Gasteiger partial charge in [-0.05, 0) is 18.2 Å². The smallest absolute Gasteiger partial charge is 0.291 e. The monoisotopic (exact) mass is 447 g/mol. The first-order valence-electron chi connectivity index (χ1n) is 8.57. The maximum absolute atomic E-state index is 12.4. The van der Waals surface area contributed by atoms with Crippen LogP contribution in [0.1, 0.15) is 16.3 Å². The van der Waals surface area contributed by atoms with E-state index in [1.807, 2.05) is 0 Å². The SMILES string of the molecule is COc1cc(NC(=O)c2ccc(COc3cc([N+](=O)[O-])ccc3Cl)o2)cc([N+](=O)[O-])c1. The number of carbonyl (C=O) groups is 1. The Balaban J connectivity index is 1.69. The molecule has 1 heterocycles. The predicted octanol–water partition coefficient (Wildman–Crippen LogP) is 4.59. The molecule has 0 atom stereocenters. The fraction of sp³-hybridized carbons (Fsp3) is 0.105. The van der Waals surface area contributed by atoms with E-state index < -0.39 is 15.8 Å². The van der Waals surface area contributed by atoms with Gasteiger partial charge in [0.1, 0.15) is 23.9 Å². The summed E-state index contributed by atoms with van der Waals surface area (Å²) in [5.41, 5.74) is -0.295. The molecule has 0 aliphatic carbocycles. The van der Waals surface area contributed by atoms with Crippen LogP contribution in [-0.4, -0.2) is 22.9 Å². The fourth-order valence-electron chi connectivity index (χ4n) is 2.51. The molecule has 0 saturated heterocycles. The van der Waals surface area contributed by atoms with E-state index in [0.29, 0.717) is 0 Å². The zero-order valence-electron chi connectivity index (χ0n) is 15.9. The summed E-state index contributed by atoms with van der Waals surface area (Å²) in [6.07, 6.45) is 0. The maximum atomic E-state index is 12.4. The molecule has 0 unspecified atom stereocenters. The summed E-state index contributed by atoms with van der Waals surface area (Å²) < 4.78 is 15.9. The van der Waals surface area contributed by atoms with Gasteiger partial charge in [0.2, 0.25) is 0 Å². The molecule has 3 rings (SSSR count). The van der Waals surface area contributed by atoms with Gasteiger partial charge in [-0.2, -0.15) is 0 Å². The molecule has 0 fully saturated rings. The molecule has 0 aliphatic rings. The second kappa shape index (κ2) is 9.13. The minimum Gasteiger partial charge on any atom is -0.496 e. The van der Waals surface area contributed by atoms with Crippen molar-refractivity contribution >= 4 is 34.6 Å².